The van der Waals surface area contributed by atoms with Gasteiger partial charge in [0, 0.05) is 6.54 Å². The number of carbonyl (C=O) groups is 2. The predicted molar refractivity (Wildman–Crippen MR) is 89.5 cm³/mol. The fourth-order valence-corrected chi connectivity index (χ4v) is 2.26. The zero-order chi connectivity index (χ0) is 16.5. The maximum atomic E-state index is 11.8. The normalized spacial score (nSPS) is 10.1. The lowest BCUT2D eigenvalue weighted by atomic mass is 10.1. The zero-order valence-electron chi connectivity index (χ0n) is 12.6. The maximum absolute atomic E-state index is 11.8. The average Bonchev–Trinajstić information content (AvgIpc) is 2.58. The van der Waals surface area contributed by atoms with E-state index in [0.29, 0.717) is 11.6 Å². The lowest BCUT2D eigenvalue weighted by molar-refractivity contribution is -0.124. The van der Waals surface area contributed by atoms with E-state index in [9.17, 15) is 9.59 Å². The second-order valence-electron chi connectivity index (χ2n) is 5.00. The first-order valence-corrected chi connectivity index (χ1v) is 7.77. The third-order valence-electron chi connectivity index (χ3n) is 3.24. The molecule has 0 spiro atoms. The lowest BCUT2D eigenvalue weighted by Crippen LogP contribution is -2.29. The van der Waals surface area contributed by atoms with Gasteiger partial charge >= 0.3 is 5.97 Å². The summed E-state index contributed by atoms with van der Waals surface area (Å²) in [7, 11) is 0. The van der Waals surface area contributed by atoms with E-state index in [2.05, 4.69) is 5.32 Å². The van der Waals surface area contributed by atoms with Gasteiger partial charge in [-0.2, -0.15) is 0 Å². The quantitative estimate of drug-likeness (QED) is 0.626. The molecule has 1 N–H and O–H groups in total. The first kappa shape index (κ1) is 17.0. The largest absolute Gasteiger partial charge is 0.452 e. The Morgan fingerprint density at radius 2 is 1.70 bits per heavy atom. The molecule has 23 heavy (non-hydrogen) atoms. The molecule has 1 amide bonds. The number of hydrogen-bond donors (Lipinski definition) is 1. The van der Waals surface area contributed by atoms with Gasteiger partial charge < -0.3 is 10.1 Å². The molecule has 120 valence electrons. The lowest BCUT2D eigenvalue weighted by Gasteiger charge is -2.07. The van der Waals surface area contributed by atoms with Crippen LogP contribution in [0.15, 0.2) is 54.6 Å². The Kier molecular flexibility index (Phi) is 6.63. The molecule has 0 saturated heterocycles. The highest BCUT2D eigenvalue weighted by molar-refractivity contribution is 6.33. The van der Waals surface area contributed by atoms with Crippen molar-refractivity contribution in [1.29, 1.82) is 0 Å². The Morgan fingerprint density at radius 1 is 1.00 bits per heavy atom. The fourth-order valence-electron chi connectivity index (χ4n) is 2.05. The second kappa shape index (κ2) is 8.96. The monoisotopic (exact) mass is 331 g/mol. The third kappa shape index (κ3) is 5.75. The van der Waals surface area contributed by atoms with E-state index in [1.807, 2.05) is 30.3 Å². The molecule has 4 nitrogen and oxygen atoms in total. The van der Waals surface area contributed by atoms with Gasteiger partial charge in [-0.3, -0.25) is 4.79 Å². The Balaban J connectivity index is 1.65. The van der Waals surface area contributed by atoms with Crippen molar-refractivity contribution in [2.24, 2.45) is 0 Å². The number of aryl methyl sites for hydroxylation is 1. The third-order valence-corrected chi connectivity index (χ3v) is 3.56. The summed E-state index contributed by atoms with van der Waals surface area (Å²) in [4.78, 5) is 23.5. The van der Waals surface area contributed by atoms with Crippen molar-refractivity contribution in [3.05, 3.63) is 70.7 Å². The molecule has 0 radical (unpaired) electrons. The summed E-state index contributed by atoms with van der Waals surface area (Å²) in [5.74, 6) is -0.923. The van der Waals surface area contributed by atoms with Crippen LogP contribution in [0.4, 0.5) is 0 Å². The van der Waals surface area contributed by atoms with Crippen molar-refractivity contribution in [2.45, 2.75) is 12.8 Å². The van der Waals surface area contributed by atoms with Crippen LogP contribution in [0.25, 0.3) is 0 Å². The average molecular weight is 332 g/mol. The van der Waals surface area contributed by atoms with E-state index in [-0.39, 0.29) is 18.1 Å². The van der Waals surface area contributed by atoms with Gasteiger partial charge in [-0.05, 0) is 30.5 Å². The SMILES string of the molecule is O=C(COC(=O)c1ccccc1Cl)NCCCc1ccccc1. The highest BCUT2D eigenvalue weighted by atomic mass is 35.5. The Bertz CT molecular complexity index is 658. The first-order valence-electron chi connectivity index (χ1n) is 7.39. The van der Waals surface area contributed by atoms with Gasteiger partial charge in [0.1, 0.15) is 0 Å². The number of halogens is 1. The van der Waals surface area contributed by atoms with Crippen molar-refractivity contribution in [2.75, 3.05) is 13.2 Å². The summed E-state index contributed by atoms with van der Waals surface area (Å²) in [5.41, 5.74) is 1.48. The molecule has 0 aliphatic rings. The number of benzene rings is 2. The summed E-state index contributed by atoms with van der Waals surface area (Å²) in [6.45, 7) is 0.229. The molecule has 0 aromatic heterocycles. The molecule has 0 fully saturated rings. The zero-order valence-corrected chi connectivity index (χ0v) is 13.4. The van der Waals surface area contributed by atoms with E-state index in [1.165, 1.54) is 5.56 Å². The number of esters is 1. The van der Waals surface area contributed by atoms with Gasteiger partial charge in [-0.25, -0.2) is 4.79 Å². The molecule has 0 saturated carbocycles. The molecule has 2 rings (SSSR count). The van der Waals surface area contributed by atoms with Crippen molar-refractivity contribution in [1.82, 2.24) is 5.32 Å². The molecule has 0 heterocycles. The molecular weight excluding hydrogens is 314 g/mol. The van der Waals surface area contributed by atoms with Crippen LogP contribution in [-0.4, -0.2) is 25.0 Å². The topological polar surface area (TPSA) is 55.4 Å². The van der Waals surface area contributed by atoms with Crippen LogP contribution < -0.4 is 5.32 Å². The van der Waals surface area contributed by atoms with Crippen molar-refractivity contribution < 1.29 is 14.3 Å². The Morgan fingerprint density at radius 3 is 2.43 bits per heavy atom. The first-order chi connectivity index (χ1) is 11.2. The number of rotatable bonds is 7. The minimum atomic E-state index is -0.602. The molecule has 0 bridgehead atoms. The minimum absolute atomic E-state index is 0.256. The van der Waals surface area contributed by atoms with Crippen LogP contribution in [0.5, 0.6) is 0 Å². The van der Waals surface area contributed by atoms with Crippen LogP contribution in [0.1, 0.15) is 22.3 Å². The molecule has 0 aliphatic carbocycles. The standard InChI is InChI=1S/C18H18ClNO3/c19-16-11-5-4-10-15(16)18(22)23-13-17(21)20-12-6-9-14-7-2-1-3-8-14/h1-5,7-8,10-11H,6,9,12-13H2,(H,20,21). The van der Waals surface area contributed by atoms with Gasteiger partial charge in [0.2, 0.25) is 0 Å². The number of carbonyl (C=O) groups excluding carboxylic acids is 2. The highest BCUT2D eigenvalue weighted by Gasteiger charge is 2.12. The second-order valence-corrected chi connectivity index (χ2v) is 5.40. The number of amides is 1. The Hall–Kier alpha value is -2.33. The Labute approximate surface area is 140 Å². The van der Waals surface area contributed by atoms with Gasteiger partial charge in [0.25, 0.3) is 5.91 Å². The van der Waals surface area contributed by atoms with E-state index < -0.39 is 5.97 Å². The van der Waals surface area contributed by atoms with E-state index >= 15 is 0 Å². The summed E-state index contributed by atoms with van der Waals surface area (Å²) in [5, 5.41) is 3.03. The van der Waals surface area contributed by atoms with Crippen LogP contribution in [-0.2, 0) is 16.0 Å². The van der Waals surface area contributed by atoms with Crippen LogP contribution in [0, 0.1) is 0 Å². The minimum Gasteiger partial charge on any atom is -0.452 e. The summed E-state index contributed by atoms with van der Waals surface area (Å²) in [6.07, 6.45) is 1.72. The smallest absolute Gasteiger partial charge is 0.340 e. The van der Waals surface area contributed by atoms with Crippen LogP contribution in [0.2, 0.25) is 5.02 Å². The summed E-state index contributed by atoms with van der Waals surface area (Å²) in [6, 6.07) is 16.6. The fraction of sp³-hybridized carbons (Fsp3) is 0.222. The van der Waals surface area contributed by atoms with Crippen molar-refractivity contribution in [3.63, 3.8) is 0 Å². The molecule has 0 aliphatic heterocycles. The van der Waals surface area contributed by atoms with Gasteiger partial charge in [-0.1, -0.05) is 54.1 Å². The van der Waals surface area contributed by atoms with Gasteiger partial charge in [0.05, 0.1) is 10.6 Å². The van der Waals surface area contributed by atoms with Gasteiger partial charge in [-0.15, -0.1) is 0 Å². The number of nitrogens with one attached hydrogen (secondary N) is 1. The maximum Gasteiger partial charge on any atom is 0.340 e. The summed E-state index contributed by atoms with van der Waals surface area (Å²) >= 11 is 5.89. The van der Waals surface area contributed by atoms with Crippen LogP contribution >= 0.6 is 11.6 Å². The van der Waals surface area contributed by atoms with Crippen molar-refractivity contribution >= 4 is 23.5 Å². The molecular formula is C18H18ClNO3. The number of hydrogen-bond acceptors (Lipinski definition) is 3. The van der Waals surface area contributed by atoms with Crippen LogP contribution in [0.3, 0.4) is 0 Å². The van der Waals surface area contributed by atoms with E-state index in [0.717, 1.165) is 12.8 Å². The molecule has 2 aromatic carbocycles. The molecule has 2 aromatic rings. The molecule has 0 unspecified atom stereocenters. The number of ether oxygens (including phenoxy) is 1. The molecule has 0 atom stereocenters. The summed E-state index contributed by atoms with van der Waals surface area (Å²) < 4.78 is 4.95. The predicted octanol–water partition coefficient (Wildman–Crippen LogP) is 3.25. The van der Waals surface area contributed by atoms with Crippen molar-refractivity contribution in [3.8, 4) is 0 Å². The highest BCUT2D eigenvalue weighted by Crippen LogP contribution is 2.15. The van der Waals surface area contributed by atoms with E-state index in [4.69, 9.17) is 16.3 Å². The van der Waals surface area contributed by atoms with Gasteiger partial charge in [0.15, 0.2) is 6.61 Å². The van der Waals surface area contributed by atoms with E-state index in [1.54, 1.807) is 24.3 Å². The molecule has 5 heteroatoms.